The summed E-state index contributed by atoms with van der Waals surface area (Å²) in [6.07, 6.45) is 7.00. The van der Waals surface area contributed by atoms with E-state index in [1.54, 1.807) is 0 Å². The minimum absolute atomic E-state index is 0.0204. The number of aromatic nitrogens is 4. The molecule has 0 spiro atoms. The van der Waals surface area contributed by atoms with Gasteiger partial charge in [0.25, 0.3) is 5.91 Å². The number of carboxylic acids is 1. The van der Waals surface area contributed by atoms with Gasteiger partial charge in [-0.05, 0) is 141 Å². The molecule has 15 nitrogen and oxygen atoms in total. The number of nitrogens with one attached hydrogen (secondary N) is 2. The maximum atomic E-state index is 13.7. The smallest absolute Gasteiger partial charge is 0.355 e. The summed E-state index contributed by atoms with van der Waals surface area (Å²) in [5.74, 6) is 0.339. The lowest BCUT2D eigenvalue weighted by atomic mass is 9.82. The number of aryl methyl sites for hydroxylation is 1. The summed E-state index contributed by atoms with van der Waals surface area (Å²) in [4.78, 5) is 67.4. The number of carbonyl (C=O) groups is 4. The number of carbonyl (C=O) groups excluding carboxylic acids is 3. The SMILES string of the molecule is Cc1c(OC2CCC(C[C@H](C)CN3CCN(c4ccc5c([C@@H]6CCC(=O)NC6=O)nn(C)c5c4)CC3)CC2)cccc1-c1ccc(N2CCc3cccc(C(=O)Nc4nc5ccccc5s4)c3C2)nc1C(=O)O. The van der Waals surface area contributed by atoms with Crippen molar-refractivity contribution in [2.45, 2.75) is 83.8 Å². The van der Waals surface area contributed by atoms with Crippen LogP contribution in [0, 0.1) is 18.8 Å². The van der Waals surface area contributed by atoms with Gasteiger partial charge in [-0.1, -0.05) is 54.7 Å². The molecule has 2 atom stereocenters. The van der Waals surface area contributed by atoms with Crippen molar-refractivity contribution in [2.24, 2.45) is 18.9 Å². The first-order valence-corrected chi connectivity index (χ1v) is 26.5. The first-order valence-electron chi connectivity index (χ1n) is 25.7. The summed E-state index contributed by atoms with van der Waals surface area (Å²) >= 11 is 1.44. The summed E-state index contributed by atoms with van der Waals surface area (Å²) in [5.41, 5.74) is 8.49. The number of hydrogen-bond donors (Lipinski definition) is 3. The zero-order chi connectivity index (χ0) is 50.3. The highest BCUT2D eigenvalue weighted by molar-refractivity contribution is 7.22. The molecular formula is C57H61N9O6S. The molecule has 376 valence electrons. The maximum Gasteiger partial charge on any atom is 0.355 e. The molecule has 11 rings (SSSR count). The molecule has 7 aromatic rings. The van der Waals surface area contributed by atoms with Crippen LogP contribution in [0.1, 0.15) is 101 Å². The molecule has 0 bridgehead atoms. The molecule has 6 heterocycles. The Morgan fingerprint density at radius 2 is 1.67 bits per heavy atom. The van der Waals surface area contributed by atoms with Gasteiger partial charge < -0.3 is 19.6 Å². The van der Waals surface area contributed by atoms with Gasteiger partial charge in [0.15, 0.2) is 10.8 Å². The molecule has 0 unspecified atom stereocenters. The van der Waals surface area contributed by atoms with E-state index in [1.165, 1.54) is 17.8 Å². The molecule has 4 aliphatic rings. The molecule has 4 aromatic carbocycles. The largest absolute Gasteiger partial charge is 0.490 e. The van der Waals surface area contributed by atoms with Crippen LogP contribution >= 0.6 is 11.3 Å². The number of piperidine rings is 1. The van der Waals surface area contributed by atoms with E-state index >= 15 is 0 Å². The molecule has 16 heteroatoms. The van der Waals surface area contributed by atoms with Crippen LogP contribution in [0.25, 0.3) is 32.2 Å². The fourth-order valence-electron chi connectivity index (χ4n) is 11.7. The highest BCUT2D eigenvalue weighted by atomic mass is 32.1. The Morgan fingerprint density at radius 3 is 2.47 bits per heavy atom. The Kier molecular flexibility index (Phi) is 13.4. The number of ether oxygens (including phenoxy) is 1. The van der Waals surface area contributed by atoms with Crippen LogP contribution in [-0.2, 0) is 29.6 Å². The molecule has 3 amide bonds. The lowest BCUT2D eigenvalue weighted by molar-refractivity contribution is -0.134. The van der Waals surface area contributed by atoms with Gasteiger partial charge in [0.05, 0.1) is 33.4 Å². The number of para-hydroxylation sites is 1. The maximum absolute atomic E-state index is 13.7. The third kappa shape index (κ3) is 10.0. The second-order valence-corrected chi connectivity index (χ2v) is 21.5. The number of thiazole rings is 1. The van der Waals surface area contributed by atoms with Gasteiger partial charge in [0.2, 0.25) is 11.8 Å². The second-order valence-electron chi connectivity index (χ2n) is 20.5. The van der Waals surface area contributed by atoms with Gasteiger partial charge in [-0.15, -0.1) is 0 Å². The normalized spacial score (nSPS) is 20.0. The topological polar surface area (TPSA) is 175 Å². The number of benzene rings is 4. The monoisotopic (exact) mass is 999 g/mol. The molecule has 3 fully saturated rings. The number of carboxylic acid groups (broad SMARTS) is 1. The number of piperazine rings is 1. The van der Waals surface area contributed by atoms with Gasteiger partial charge in [0, 0.05) is 81.5 Å². The zero-order valence-corrected chi connectivity index (χ0v) is 42.4. The predicted octanol–water partition coefficient (Wildman–Crippen LogP) is 9.37. The summed E-state index contributed by atoms with van der Waals surface area (Å²) in [6.45, 7) is 10.4. The van der Waals surface area contributed by atoms with Crippen molar-refractivity contribution < 1.29 is 29.0 Å². The fourth-order valence-corrected chi connectivity index (χ4v) is 12.6. The number of pyridine rings is 1. The molecule has 1 saturated carbocycles. The van der Waals surface area contributed by atoms with Crippen molar-refractivity contribution in [3.05, 3.63) is 125 Å². The number of rotatable bonds is 13. The predicted molar refractivity (Wildman–Crippen MR) is 285 cm³/mol. The van der Waals surface area contributed by atoms with Gasteiger partial charge in [0.1, 0.15) is 11.6 Å². The van der Waals surface area contributed by atoms with E-state index in [2.05, 4.69) is 50.5 Å². The highest BCUT2D eigenvalue weighted by Gasteiger charge is 2.33. The van der Waals surface area contributed by atoms with E-state index in [4.69, 9.17) is 14.8 Å². The number of anilines is 3. The van der Waals surface area contributed by atoms with Crippen LogP contribution in [0.4, 0.5) is 16.6 Å². The van der Waals surface area contributed by atoms with E-state index < -0.39 is 11.9 Å². The van der Waals surface area contributed by atoms with Gasteiger partial charge in [-0.25, -0.2) is 14.8 Å². The number of fused-ring (bicyclic) bond motifs is 3. The van der Waals surface area contributed by atoms with E-state index in [0.717, 1.165) is 119 Å². The van der Waals surface area contributed by atoms with Crippen molar-refractivity contribution >= 4 is 72.8 Å². The quantitative estimate of drug-likeness (QED) is 0.0936. The standard InChI is InChI=1S/C57H61N9O6S/c1-34(32-64-26-28-65(29-27-64)38-16-19-43-47(31-38)63(3)62-52(43)44-21-23-51(67)60-55(44)69)30-36-14-17-39(18-15-36)72-48-12-7-9-40(35(48)2)41-20-22-50(59-53(41)56(70)71)66-25-24-37-8-6-10-42(45(37)33-66)54(68)61-57-58-46-11-4-5-13-49(46)73-57/h4-13,16,19-20,22,31,34,36,39,44H,14-15,17-18,21,23-30,32-33H2,1-3H3,(H,70,71)(H,58,61,68)(H,60,67,69)/t34-,36?,39?,44-/m0/s1. The molecule has 3 N–H and O–H groups in total. The highest BCUT2D eigenvalue weighted by Crippen LogP contribution is 2.38. The average Bonchev–Trinajstić information content (AvgIpc) is 3.96. The van der Waals surface area contributed by atoms with E-state index in [0.29, 0.717) is 66.3 Å². The summed E-state index contributed by atoms with van der Waals surface area (Å²) in [7, 11) is 1.92. The van der Waals surface area contributed by atoms with E-state index in [9.17, 15) is 24.3 Å². The minimum Gasteiger partial charge on any atom is -0.490 e. The molecule has 1 aliphatic carbocycles. The molecule has 2 saturated heterocycles. The zero-order valence-electron chi connectivity index (χ0n) is 41.6. The van der Waals surface area contributed by atoms with Gasteiger partial charge in [-0.2, -0.15) is 5.10 Å². The van der Waals surface area contributed by atoms with Crippen molar-refractivity contribution in [1.82, 2.24) is 30.0 Å². The second kappa shape index (κ2) is 20.4. The first kappa shape index (κ1) is 48.1. The van der Waals surface area contributed by atoms with Crippen molar-refractivity contribution in [1.29, 1.82) is 0 Å². The van der Waals surface area contributed by atoms with E-state index in [1.807, 2.05) is 96.3 Å². The van der Waals surface area contributed by atoms with Crippen LogP contribution in [0.2, 0.25) is 0 Å². The molecule has 3 aromatic heterocycles. The van der Waals surface area contributed by atoms with Crippen molar-refractivity contribution in [3.63, 3.8) is 0 Å². The third-order valence-corrected chi connectivity index (χ3v) is 16.5. The summed E-state index contributed by atoms with van der Waals surface area (Å²) in [5, 5.41) is 22.3. The molecular weight excluding hydrogens is 939 g/mol. The number of amides is 3. The number of hydrogen-bond acceptors (Lipinski definition) is 12. The minimum atomic E-state index is -1.10. The molecule has 3 aliphatic heterocycles. The lowest BCUT2D eigenvalue weighted by Gasteiger charge is -2.38. The summed E-state index contributed by atoms with van der Waals surface area (Å²) in [6, 6.07) is 29.6. The molecule has 0 radical (unpaired) electrons. The first-order chi connectivity index (χ1) is 35.4. The lowest BCUT2D eigenvalue weighted by Crippen LogP contribution is -2.47. The Morgan fingerprint density at radius 1 is 0.863 bits per heavy atom. The Bertz CT molecular complexity index is 3230. The average molecular weight is 1000 g/mol. The van der Waals surface area contributed by atoms with Gasteiger partial charge in [-0.3, -0.25) is 34.6 Å². The van der Waals surface area contributed by atoms with Crippen LogP contribution in [0.5, 0.6) is 5.75 Å². The van der Waals surface area contributed by atoms with Crippen molar-refractivity contribution in [2.75, 3.05) is 54.4 Å². The van der Waals surface area contributed by atoms with Crippen molar-refractivity contribution in [3.8, 4) is 16.9 Å². The van der Waals surface area contributed by atoms with Gasteiger partial charge >= 0.3 is 5.97 Å². The number of imide groups is 1. The Hall–Kier alpha value is -7.17. The number of aromatic carboxylic acids is 1. The van der Waals surface area contributed by atoms with Crippen LogP contribution in [-0.4, -0.2) is 98.8 Å². The van der Waals surface area contributed by atoms with Crippen LogP contribution in [0.15, 0.2) is 91.0 Å². The third-order valence-electron chi connectivity index (χ3n) is 15.6. The summed E-state index contributed by atoms with van der Waals surface area (Å²) < 4.78 is 9.57. The molecule has 73 heavy (non-hydrogen) atoms. The van der Waals surface area contributed by atoms with Crippen LogP contribution < -0.4 is 25.2 Å². The fraction of sp³-hybridized carbons (Fsp3) is 0.386. The Balaban J connectivity index is 0.672. The number of nitrogens with zero attached hydrogens (tertiary/aromatic N) is 7. The van der Waals surface area contributed by atoms with E-state index in [-0.39, 0.29) is 29.5 Å². The Labute approximate surface area is 428 Å². The van der Waals surface area contributed by atoms with Crippen LogP contribution in [0.3, 0.4) is 0 Å².